The van der Waals surface area contributed by atoms with E-state index in [0.717, 1.165) is 30.7 Å². The Hall–Kier alpha value is -0.550. The maximum absolute atomic E-state index is 5.21. The number of nitrogens with zero attached hydrogens (tertiary/aromatic N) is 3. The Morgan fingerprint density at radius 2 is 2.11 bits per heavy atom. The van der Waals surface area contributed by atoms with Crippen LogP contribution < -0.4 is 4.90 Å². The molecule has 1 rings (SSSR count). The normalized spacial score (nSPS) is 11.3. The van der Waals surface area contributed by atoms with E-state index in [-0.39, 0.29) is 0 Å². The predicted octanol–water partition coefficient (Wildman–Crippen LogP) is 2.73. The molecule has 1 aromatic rings. The summed E-state index contributed by atoms with van der Waals surface area (Å²) in [4.78, 5) is 2.37. The molecule has 0 saturated heterocycles. The van der Waals surface area contributed by atoms with Gasteiger partial charge in [0.15, 0.2) is 0 Å². The second-order valence-corrected chi connectivity index (χ2v) is 5.54. The first-order valence-electron chi connectivity index (χ1n) is 6.33. The van der Waals surface area contributed by atoms with Gasteiger partial charge in [0.05, 0.1) is 12.3 Å². The number of methoxy groups -OCH3 is 1. The first kappa shape index (κ1) is 15.5. The number of rotatable bonds is 7. The zero-order chi connectivity index (χ0) is 13.7. The average Bonchev–Trinajstić information content (AvgIpc) is 2.58. The number of alkyl halides is 1. The van der Waals surface area contributed by atoms with E-state index in [2.05, 4.69) is 46.7 Å². The average molecular weight is 318 g/mol. The largest absolute Gasteiger partial charge is 0.383 e. The number of hydrogen-bond donors (Lipinski definition) is 0. The highest BCUT2D eigenvalue weighted by Gasteiger charge is 2.19. The molecule has 0 amide bonds. The van der Waals surface area contributed by atoms with Gasteiger partial charge < -0.3 is 9.64 Å². The number of ether oxygens (including phenoxy) is 1. The maximum atomic E-state index is 5.21. The summed E-state index contributed by atoms with van der Waals surface area (Å²) >= 11 is 3.56. The highest BCUT2D eigenvalue weighted by Crippen LogP contribution is 2.26. The van der Waals surface area contributed by atoms with Crippen molar-refractivity contribution in [3.63, 3.8) is 0 Å². The van der Waals surface area contributed by atoms with Crippen LogP contribution in [0.2, 0.25) is 0 Å². The summed E-state index contributed by atoms with van der Waals surface area (Å²) in [7, 11) is 3.75. The number of aromatic nitrogens is 2. The molecule has 18 heavy (non-hydrogen) atoms. The Balaban J connectivity index is 3.02. The van der Waals surface area contributed by atoms with Gasteiger partial charge in [0, 0.05) is 38.1 Å². The molecule has 0 bridgehead atoms. The number of hydrogen-bond acceptors (Lipinski definition) is 3. The van der Waals surface area contributed by atoms with Gasteiger partial charge in [0.2, 0.25) is 0 Å². The minimum Gasteiger partial charge on any atom is -0.383 e. The zero-order valence-electron chi connectivity index (χ0n) is 12.0. The summed E-state index contributed by atoms with van der Waals surface area (Å²) in [6, 6.07) is 0. The Bertz CT molecular complexity index is 377. The highest BCUT2D eigenvalue weighted by molar-refractivity contribution is 9.08. The lowest BCUT2D eigenvalue weighted by Gasteiger charge is -2.27. The van der Waals surface area contributed by atoms with E-state index in [0.29, 0.717) is 5.92 Å². The lowest BCUT2D eigenvalue weighted by Crippen LogP contribution is -2.33. The van der Waals surface area contributed by atoms with E-state index in [1.54, 1.807) is 7.11 Å². The van der Waals surface area contributed by atoms with Gasteiger partial charge >= 0.3 is 0 Å². The number of halogens is 1. The molecule has 1 aromatic heterocycles. The predicted molar refractivity (Wildman–Crippen MR) is 79.5 cm³/mol. The van der Waals surface area contributed by atoms with Gasteiger partial charge in [-0.05, 0) is 12.8 Å². The van der Waals surface area contributed by atoms with Gasteiger partial charge in [-0.25, -0.2) is 0 Å². The van der Waals surface area contributed by atoms with Crippen LogP contribution in [0.15, 0.2) is 0 Å². The van der Waals surface area contributed by atoms with Crippen LogP contribution in [-0.2, 0) is 17.1 Å². The minimum absolute atomic E-state index is 0.611. The lowest BCUT2D eigenvalue weighted by molar-refractivity contribution is 0.204. The van der Waals surface area contributed by atoms with E-state index < -0.39 is 0 Å². The van der Waals surface area contributed by atoms with Crippen LogP contribution in [0.5, 0.6) is 0 Å². The van der Waals surface area contributed by atoms with Gasteiger partial charge in [-0.3, -0.25) is 4.68 Å². The van der Waals surface area contributed by atoms with Crippen LogP contribution in [0, 0.1) is 12.8 Å². The molecule has 1 heterocycles. The second kappa shape index (κ2) is 7.14. The van der Waals surface area contributed by atoms with Crippen molar-refractivity contribution in [2.45, 2.75) is 26.1 Å². The van der Waals surface area contributed by atoms with Crippen molar-refractivity contribution in [3.8, 4) is 0 Å². The van der Waals surface area contributed by atoms with E-state index in [9.17, 15) is 0 Å². The summed E-state index contributed by atoms with van der Waals surface area (Å²) in [5.74, 6) is 1.82. The van der Waals surface area contributed by atoms with Crippen molar-refractivity contribution in [2.75, 3.05) is 31.7 Å². The molecule has 0 saturated carbocycles. The first-order chi connectivity index (χ1) is 8.51. The summed E-state index contributed by atoms with van der Waals surface area (Å²) in [6.45, 7) is 9.17. The fourth-order valence-electron chi connectivity index (χ4n) is 2.17. The Kier molecular flexibility index (Phi) is 6.15. The SMILES string of the molecule is COCCN(CC(C)C)c1c(CBr)c(C)nn1C. The second-order valence-electron chi connectivity index (χ2n) is 4.98. The minimum atomic E-state index is 0.611. The quantitative estimate of drug-likeness (QED) is 0.724. The molecular formula is C13H24BrN3O. The fourth-order valence-corrected chi connectivity index (χ4v) is 2.82. The molecule has 5 heteroatoms. The lowest BCUT2D eigenvalue weighted by atomic mass is 10.2. The van der Waals surface area contributed by atoms with Crippen LogP contribution in [-0.4, -0.2) is 36.6 Å². The molecule has 0 aliphatic heterocycles. The van der Waals surface area contributed by atoms with Gasteiger partial charge in [-0.15, -0.1) is 0 Å². The van der Waals surface area contributed by atoms with Crippen molar-refractivity contribution in [2.24, 2.45) is 13.0 Å². The van der Waals surface area contributed by atoms with Gasteiger partial charge in [0.1, 0.15) is 5.82 Å². The first-order valence-corrected chi connectivity index (χ1v) is 7.45. The van der Waals surface area contributed by atoms with Crippen LogP contribution in [0.3, 0.4) is 0 Å². The van der Waals surface area contributed by atoms with Crippen molar-refractivity contribution in [1.82, 2.24) is 9.78 Å². The van der Waals surface area contributed by atoms with Crippen molar-refractivity contribution < 1.29 is 4.74 Å². The van der Waals surface area contributed by atoms with Crippen LogP contribution in [0.1, 0.15) is 25.1 Å². The van der Waals surface area contributed by atoms with Crippen LogP contribution in [0.4, 0.5) is 5.82 Å². The topological polar surface area (TPSA) is 30.3 Å². The third-order valence-corrected chi connectivity index (χ3v) is 3.46. The Morgan fingerprint density at radius 1 is 1.44 bits per heavy atom. The molecule has 4 nitrogen and oxygen atoms in total. The fraction of sp³-hybridized carbons (Fsp3) is 0.769. The number of anilines is 1. The third kappa shape index (κ3) is 3.72. The van der Waals surface area contributed by atoms with E-state index in [4.69, 9.17) is 4.74 Å². The maximum Gasteiger partial charge on any atom is 0.130 e. The van der Waals surface area contributed by atoms with Crippen molar-refractivity contribution in [1.29, 1.82) is 0 Å². The van der Waals surface area contributed by atoms with Gasteiger partial charge in [-0.1, -0.05) is 29.8 Å². The molecule has 0 unspecified atom stereocenters. The third-order valence-electron chi connectivity index (χ3n) is 2.90. The van der Waals surface area contributed by atoms with Gasteiger partial charge in [0.25, 0.3) is 0 Å². The summed E-state index contributed by atoms with van der Waals surface area (Å²) in [5.41, 5.74) is 2.37. The molecule has 0 spiro atoms. The molecule has 0 radical (unpaired) electrons. The van der Waals surface area contributed by atoms with Crippen LogP contribution in [0.25, 0.3) is 0 Å². The van der Waals surface area contributed by atoms with Crippen molar-refractivity contribution in [3.05, 3.63) is 11.3 Å². The van der Waals surface area contributed by atoms with Crippen LogP contribution >= 0.6 is 15.9 Å². The summed E-state index contributed by atoms with van der Waals surface area (Å²) in [5, 5.41) is 5.36. The molecule has 0 N–H and O–H groups in total. The van der Waals surface area contributed by atoms with Crippen molar-refractivity contribution >= 4 is 21.7 Å². The zero-order valence-corrected chi connectivity index (χ0v) is 13.6. The summed E-state index contributed by atoms with van der Waals surface area (Å²) < 4.78 is 7.19. The molecule has 104 valence electrons. The molecule has 0 aliphatic rings. The van der Waals surface area contributed by atoms with Gasteiger partial charge in [-0.2, -0.15) is 5.10 Å². The standard InChI is InChI=1S/C13H24BrN3O/c1-10(2)9-17(6-7-18-5)13-12(8-14)11(3)15-16(13)4/h10H,6-9H2,1-5H3. The molecule has 0 aromatic carbocycles. The Labute approximate surface area is 118 Å². The molecule has 0 aliphatic carbocycles. The van der Waals surface area contributed by atoms with E-state index in [1.165, 1.54) is 11.4 Å². The summed E-state index contributed by atoms with van der Waals surface area (Å²) in [6.07, 6.45) is 0. The molecular weight excluding hydrogens is 294 g/mol. The highest BCUT2D eigenvalue weighted by atomic mass is 79.9. The number of aryl methyl sites for hydroxylation is 2. The van der Waals surface area contributed by atoms with E-state index >= 15 is 0 Å². The van der Waals surface area contributed by atoms with E-state index in [1.807, 2.05) is 11.7 Å². The Morgan fingerprint density at radius 3 is 2.61 bits per heavy atom. The monoisotopic (exact) mass is 317 g/mol. The molecule has 0 fully saturated rings. The smallest absolute Gasteiger partial charge is 0.130 e. The molecule has 0 atom stereocenters.